The number of rotatable bonds is 4. The van der Waals surface area contributed by atoms with Gasteiger partial charge in [0.1, 0.15) is 0 Å². The third kappa shape index (κ3) is 3.99. The van der Waals surface area contributed by atoms with Crippen molar-refractivity contribution in [3.8, 4) is 0 Å². The number of halogens is 1. The first-order chi connectivity index (χ1) is 12.0. The van der Waals surface area contributed by atoms with Crippen molar-refractivity contribution in [1.29, 1.82) is 0 Å². The van der Waals surface area contributed by atoms with Gasteiger partial charge in [-0.05, 0) is 48.0 Å². The Bertz CT molecular complexity index is 985. The molecule has 1 heterocycles. The molecule has 7 heteroatoms. The first-order valence-electron chi connectivity index (χ1n) is 7.31. The molecule has 0 aliphatic rings. The van der Waals surface area contributed by atoms with Gasteiger partial charge >= 0.3 is 0 Å². The SMILES string of the molecule is O=C(/C=C/c1ccc([N+](=O)[O-])cc1)Nc1ccnc2cc(Cl)ccc12. The van der Waals surface area contributed by atoms with Crippen molar-refractivity contribution in [3.63, 3.8) is 0 Å². The summed E-state index contributed by atoms with van der Waals surface area (Å²) in [5.74, 6) is -0.319. The third-order valence-electron chi connectivity index (χ3n) is 3.49. The molecule has 0 saturated heterocycles. The second-order valence-corrected chi connectivity index (χ2v) is 5.63. The Morgan fingerprint density at radius 1 is 1.16 bits per heavy atom. The Labute approximate surface area is 147 Å². The van der Waals surface area contributed by atoms with Crippen LogP contribution < -0.4 is 5.32 Å². The van der Waals surface area contributed by atoms with E-state index in [1.165, 1.54) is 18.2 Å². The Morgan fingerprint density at radius 3 is 2.64 bits per heavy atom. The molecule has 6 nitrogen and oxygen atoms in total. The smallest absolute Gasteiger partial charge is 0.269 e. The van der Waals surface area contributed by atoms with Crippen LogP contribution >= 0.6 is 11.6 Å². The van der Waals surface area contributed by atoms with E-state index >= 15 is 0 Å². The number of aromatic nitrogens is 1. The lowest BCUT2D eigenvalue weighted by Crippen LogP contribution is -2.08. The minimum absolute atomic E-state index is 0.00326. The number of hydrogen-bond acceptors (Lipinski definition) is 4. The lowest BCUT2D eigenvalue weighted by molar-refractivity contribution is -0.384. The van der Waals surface area contributed by atoms with Gasteiger partial charge in [-0.3, -0.25) is 19.9 Å². The summed E-state index contributed by atoms with van der Waals surface area (Å²) in [5.41, 5.74) is 2.00. The van der Waals surface area contributed by atoms with Crippen LogP contribution in [-0.2, 0) is 4.79 Å². The van der Waals surface area contributed by atoms with E-state index in [2.05, 4.69) is 10.3 Å². The van der Waals surface area contributed by atoms with E-state index in [0.29, 0.717) is 21.8 Å². The van der Waals surface area contributed by atoms with Gasteiger partial charge in [-0.25, -0.2) is 0 Å². The first-order valence-corrected chi connectivity index (χ1v) is 7.68. The normalized spacial score (nSPS) is 10.9. The van der Waals surface area contributed by atoms with Gasteiger partial charge in [0.05, 0.1) is 16.1 Å². The van der Waals surface area contributed by atoms with Gasteiger partial charge in [0, 0.05) is 34.8 Å². The predicted molar refractivity (Wildman–Crippen MR) is 97.5 cm³/mol. The number of benzene rings is 2. The first kappa shape index (κ1) is 16.6. The molecule has 124 valence electrons. The number of non-ortho nitro benzene ring substituents is 1. The van der Waals surface area contributed by atoms with Crippen LogP contribution in [0.5, 0.6) is 0 Å². The number of amides is 1. The maximum atomic E-state index is 12.1. The minimum Gasteiger partial charge on any atom is -0.322 e. The molecule has 0 radical (unpaired) electrons. The Kier molecular flexibility index (Phi) is 4.72. The van der Waals surface area contributed by atoms with Gasteiger partial charge in [0.15, 0.2) is 0 Å². The quantitative estimate of drug-likeness (QED) is 0.426. The van der Waals surface area contributed by atoms with Crippen molar-refractivity contribution in [2.75, 3.05) is 5.32 Å². The molecule has 3 aromatic rings. The summed E-state index contributed by atoms with van der Waals surface area (Å²) < 4.78 is 0. The molecule has 3 rings (SSSR count). The van der Waals surface area contributed by atoms with Crippen LogP contribution in [0.15, 0.2) is 60.8 Å². The fraction of sp³-hybridized carbons (Fsp3) is 0. The molecule has 25 heavy (non-hydrogen) atoms. The van der Waals surface area contributed by atoms with Crippen molar-refractivity contribution in [2.45, 2.75) is 0 Å². The molecule has 0 spiro atoms. The maximum Gasteiger partial charge on any atom is 0.269 e. The summed E-state index contributed by atoms with van der Waals surface area (Å²) in [4.78, 5) is 26.5. The van der Waals surface area contributed by atoms with E-state index in [1.54, 1.807) is 48.7 Å². The predicted octanol–water partition coefficient (Wildman–Crippen LogP) is 4.45. The van der Waals surface area contributed by atoms with E-state index in [9.17, 15) is 14.9 Å². The molecule has 0 bridgehead atoms. The Morgan fingerprint density at radius 2 is 1.92 bits per heavy atom. The van der Waals surface area contributed by atoms with Gasteiger partial charge in [-0.2, -0.15) is 0 Å². The van der Waals surface area contributed by atoms with Gasteiger partial charge in [-0.15, -0.1) is 0 Å². The molecule has 0 saturated carbocycles. The van der Waals surface area contributed by atoms with Crippen molar-refractivity contribution < 1.29 is 9.72 Å². The summed E-state index contributed by atoms with van der Waals surface area (Å²) in [5, 5.41) is 14.8. The van der Waals surface area contributed by atoms with Crippen LogP contribution in [0.2, 0.25) is 5.02 Å². The minimum atomic E-state index is -0.471. The molecule has 0 atom stereocenters. The number of carbonyl (C=O) groups excluding carboxylic acids is 1. The number of nitrogens with zero attached hydrogens (tertiary/aromatic N) is 2. The van der Waals surface area contributed by atoms with Crippen molar-refractivity contribution in [2.24, 2.45) is 0 Å². The zero-order valence-corrected chi connectivity index (χ0v) is 13.6. The Balaban J connectivity index is 1.75. The summed E-state index contributed by atoms with van der Waals surface area (Å²) in [6.07, 6.45) is 4.54. The summed E-state index contributed by atoms with van der Waals surface area (Å²) >= 11 is 5.94. The number of nitrogens with one attached hydrogen (secondary N) is 1. The zero-order valence-electron chi connectivity index (χ0n) is 12.8. The number of nitro benzene ring substituents is 1. The summed E-state index contributed by atoms with van der Waals surface area (Å²) in [6, 6.07) is 12.9. The zero-order chi connectivity index (χ0) is 17.8. The molecule has 0 aliphatic carbocycles. The molecule has 1 amide bonds. The van der Waals surface area contributed by atoms with E-state index in [1.807, 2.05) is 0 Å². The standard InChI is InChI=1S/C18H12ClN3O3/c19-13-4-7-15-16(9-10-20-17(15)11-13)21-18(23)8-3-12-1-5-14(6-2-12)22(24)25/h1-11H,(H,20,21,23)/b8-3+. The van der Waals surface area contributed by atoms with Gasteiger partial charge < -0.3 is 5.32 Å². The van der Waals surface area contributed by atoms with Crippen LogP contribution in [-0.4, -0.2) is 15.8 Å². The van der Waals surface area contributed by atoms with Crippen LogP contribution in [0.1, 0.15) is 5.56 Å². The van der Waals surface area contributed by atoms with Crippen molar-refractivity contribution in [1.82, 2.24) is 4.98 Å². The maximum absolute atomic E-state index is 12.1. The average Bonchev–Trinajstić information content (AvgIpc) is 2.60. The van der Waals surface area contributed by atoms with E-state index < -0.39 is 4.92 Å². The third-order valence-corrected chi connectivity index (χ3v) is 3.73. The Hall–Kier alpha value is -3.25. The molecular formula is C18H12ClN3O3. The highest BCUT2D eigenvalue weighted by molar-refractivity contribution is 6.31. The van der Waals surface area contributed by atoms with Crippen molar-refractivity contribution in [3.05, 3.63) is 81.5 Å². The topological polar surface area (TPSA) is 85.1 Å². The van der Waals surface area contributed by atoms with Gasteiger partial charge in [0.25, 0.3) is 5.69 Å². The molecule has 2 aromatic carbocycles. The number of nitro groups is 1. The largest absolute Gasteiger partial charge is 0.322 e. The van der Waals surface area contributed by atoms with Crippen LogP contribution in [0.25, 0.3) is 17.0 Å². The highest BCUT2D eigenvalue weighted by Crippen LogP contribution is 2.24. The summed E-state index contributed by atoms with van der Waals surface area (Å²) in [6.45, 7) is 0. The fourth-order valence-corrected chi connectivity index (χ4v) is 2.45. The molecular weight excluding hydrogens is 342 g/mol. The second kappa shape index (κ2) is 7.11. The van der Waals surface area contributed by atoms with Gasteiger partial charge in [-0.1, -0.05) is 11.6 Å². The second-order valence-electron chi connectivity index (χ2n) is 5.19. The van der Waals surface area contributed by atoms with Crippen LogP contribution in [0, 0.1) is 10.1 Å². The molecule has 1 aromatic heterocycles. The lowest BCUT2D eigenvalue weighted by atomic mass is 10.1. The fourth-order valence-electron chi connectivity index (χ4n) is 2.28. The number of anilines is 1. The van der Waals surface area contributed by atoms with Gasteiger partial charge in [0.2, 0.25) is 5.91 Å². The molecule has 1 N–H and O–H groups in total. The molecule has 0 unspecified atom stereocenters. The lowest BCUT2D eigenvalue weighted by Gasteiger charge is -2.06. The molecule has 0 fully saturated rings. The number of carbonyl (C=O) groups is 1. The average molecular weight is 354 g/mol. The number of hydrogen-bond donors (Lipinski definition) is 1. The monoisotopic (exact) mass is 353 g/mol. The number of pyridine rings is 1. The summed E-state index contributed by atoms with van der Waals surface area (Å²) in [7, 11) is 0. The molecule has 0 aliphatic heterocycles. The van der Waals surface area contributed by atoms with Crippen molar-refractivity contribution >= 4 is 45.9 Å². The highest BCUT2D eigenvalue weighted by atomic mass is 35.5. The highest BCUT2D eigenvalue weighted by Gasteiger charge is 2.06. The van der Waals surface area contributed by atoms with Crippen LogP contribution in [0.4, 0.5) is 11.4 Å². The van der Waals surface area contributed by atoms with E-state index in [4.69, 9.17) is 11.6 Å². The van der Waals surface area contributed by atoms with Crippen LogP contribution in [0.3, 0.4) is 0 Å². The van der Waals surface area contributed by atoms with E-state index in [0.717, 1.165) is 5.39 Å². The van der Waals surface area contributed by atoms with E-state index in [-0.39, 0.29) is 11.6 Å². The number of fused-ring (bicyclic) bond motifs is 1.